The van der Waals surface area contributed by atoms with E-state index in [2.05, 4.69) is 5.32 Å². The summed E-state index contributed by atoms with van der Waals surface area (Å²) < 4.78 is 36.7. The first-order chi connectivity index (χ1) is 7.14. The molecule has 0 aromatic rings. The van der Waals surface area contributed by atoms with Crippen molar-refractivity contribution in [3.63, 3.8) is 0 Å². The quantitative estimate of drug-likeness (QED) is 0.770. The van der Waals surface area contributed by atoms with Gasteiger partial charge in [0.05, 0.1) is 0 Å². The number of rotatable bonds is 5. The van der Waals surface area contributed by atoms with Gasteiger partial charge in [-0.2, -0.15) is 13.2 Å². The lowest BCUT2D eigenvalue weighted by Crippen LogP contribution is -2.39. The molecule has 16 heavy (non-hydrogen) atoms. The molecule has 0 radical (unpaired) electrons. The van der Waals surface area contributed by atoms with Crippen LogP contribution >= 0.6 is 0 Å². The van der Waals surface area contributed by atoms with Crippen LogP contribution in [0.3, 0.4) is 0 Å². The zero-order chi connectivity index (χ0) is 12.6. The minimum Gasteiger partial charge on any atom is -0.481 e. The van der Waals surface area contributed by atoms with Crippen LogP contribution in [0.2, 0.25) is 0 Å². The highest BCUT2D eigenvalue weighted by Gasteiger charge is 2.47. The molecule has 0 spiro atoms. The van der Waals surface area contributed by atoms with Crippen LogP contribution in [0.15, 0.2) is 0 Å². The molecule has 1 saturated carbocycles. The molecule has 1 rings (SSSR count). The Bertz CT molecular complexity index is 276. The number of carbonyl (C=O) groups is 1. The van der Waals surface area contributed by atoms with Gasteiger partial charge in [-0.3, -0.25) is 4.79 Å². The Kier molecular flexibility index (Phi) is 3.52. The average molecular weight is 239 g/mol. The Labute approximate surface area is 92.0 Å². The molecule has 0 bridgehead atoms. The van der Waals surface area contributed by atoms with E-state index in [1.165, 1.54) is 0 Å². The third-order valence-corrected chi connectivity index (χ3v) is 3.15. The van der Waals surface area contributed by atoms with Crippen LogP contribution in [0.5, 0.6) is 0 Å². The number of halogens is 3. The number of aliphatic carboxylic acids is 1. The largest absolute Gasteiger partial charge is 0.481 e. The van der Waals surface area contributed by atoms with E-state index in [1.54, 1.807) is 0 Å². The first-order valence-electron chi connectivity index (χ1n) is 5.15. The number of hydrogen-bond acceptors (Lipinski definition) is 2. The molecule has 0 aromatic carbocycles. The van der Waals surface area contributed by atoms with E-state index in [1.807, 2.05) is 13.8 Å². The van der Waals surface area contributed by atoms with Gasteiger partial charge in [-0.05, 0) is 24.3 Å². The summed E-state index contributed by atoms with van der Waals surface area (Å²) in [6.45, 7) is 3.98. The summed E-state index contributed by atoms with van der Waals surface area (Å²) in [4.78, 5) is 10.4. The molecule has 1 aliphatic rings. The van der Waals surface area contributed by atoms with Crippen LogP contribution < -0.4 is 5.32 Å². The molecule has 0 aliphatic heterocycles. The lowest BCUT2D eigenvalue weighted by Gasteiger charge is -2.16. The summed E-state index contributed by atoms with van der Waals surface area (Å²) in [5.74, 6) is -3.78. The SMILES string of the molecule is CC1(C)CC1CNCC(C(=O)O)C(F)(F)F. The van der Waals surface area contributed by atoms with Crippen molar-refractivity contribution in [2.75, 3.05) is 13.1 Å². The standard InChI is InChI=1S/C10H16F3NO2/c1-9(2)3-6(9)4-14-5-7(8(15)16)10(11,12)13/h6-7,14H,3-5H2,1-2H3,(H,15,16). The number of carboxylic acid groups (broad SMARTS) is 1. The third-order valence-electron chi connectivity index (χ3n) is 3.15. The molecular weight excluding hydrogens is 223 g/mol. The van der Waals surface area contributed by atoms with Crippen LogP contribution in [-0.4, -0.2) is 30.3 Å². The van der Waals surface area contributed by atoms with Gasteiger partial charge in [0.15, 0.2) is 5.92 Å². The van der Waals surface area contributed by atoms with Gasteiger partial charge in [-0.15, -0.1) is 0 Å². The monoisotopic (exact) mass is 239 g/mol. The third kappa shape index (κ3) is 3.37. The van der Waals surface area contributed by atoms with Crippen molar-refractivity contribution in [2.45, 2.75) is 26.4 Å². The Balaban J connectivity index is 2.32. The van der Waals surface area contributed by atoms with E-state index in [4.69, 9.17) is 5.11 Å². The molecule has 0 aromatic heterocycles. The van der Waals surface area contributed by atoms with E-state index < -0.39 is 24.6 Å². The highest BCUT2D eigenvalue weighted by atomic mass is 19.4. The molecule has 0 heterocycles. The Morgan fingerprint density at radius 1 is 1.56 bits per heavy atom. The maximum atomic E-state index is 12.2. The van der Waals surface area contributed by atoms with Crippen LogP contribution in [0.25, 0.3) is 0 Å². The van der Waals surface area contributed by atoms with Gasteiger partial charge in [0.2, 0.25) is 0 Å². The molecule has 0 saturated heterocycles. The van der Waals surface area contributed by atoms with Crippen LogP contribution in [0.4, 0.5) is 13.2 Å². The van der Waals surface area contributed by atoms with Crippen molar-refractivity contribution in [2.24, 2.45) is 17.3 Å². The van der Waals surface area contributed by atoms with Crippen molar-refractivity contribution < 1.29 is 23.1 Å². The predicted molar refractivity (Wildman–Crippen MR) is 51.9 cm³/mol. The zero-order valence-electron chi connectivity index (χ0n) is 9.27. The summed E-state index contributed by atoms with van der Waals surface area (Å²) in [5, 5.41) is 11.0. The maximum Gasteiger partial charge on any atom is 0.403 e. The fourth-order valence-electron chi connectivity index (χ4n) is 1.67. The molecule has 94 valence electrons. The summed E-state index contributed by atoms with van der Waals surface area (Å²) in [7, 11) is 0. The summed E-state index contributed by atoms with van der Waals surface area (Å²) in [6.07, 6.45) is -3.71. The van der Waals surface area contributed by atoms with Gasteiger partial charge in [-0.1, -0.05) is 13.8 Å². The average Bonchev–Trinajstić information content (AvgIpc) is 2.64. The van der Waals surface area contributed by atoms with Gasteiger partial charge >= 0.3 is 12.1 Å². The molecule has 0 amide bonds. The number of hydrogen-bond donors (Lipinski definition) is 2. The molecule has 1 fully saturated rings. The van der Waals surface area contributed by atoms with Crippen molar-refractivity contribution >= 4 is 5.97 Å². The second kappa shape index (κ2) is 4.24. The molecule has 2 unspecified atom stereocenters. The fourth-order valence-corrected chi connectivity index (χ4v) is 1.67. The Hall–Kier alpha value is -0.780. The fraction of sp³-hybridized carbons (Fsp3) is 0.900. The van der Waals surface area contributed by atoms with Gasteiger partial charge in [0.1, 0.15) is 0 Å². The normalized spacial score (nSPS) is 25.2. The topological polar surface area (TPSA) is 49.3 Å². The lowest BCUT2D eigenvalue weighted by molar-refractivity contribution is -0.192. The van der Waals surface area contributed by atoms with Crippen molar-refractivity contribution in [1.29, 1.82) is 0 Å². The predicted octanol–water partition coefficient (Wildman–Crippen LogP) is 1.89. The minimum absolute atomic E-state index is 0.184. The van der Waals surface area contributed by atoms with Crippen LogP contribution in [0.1, 0.15) is 20.3 Å². The van der Waals surface area contributed by atoms with E-state index in [9.17, 15) is 18.0 Å². The number of nitrogens with one attached hydrogen (secondary N) is 1. The van der Waals surface area contributed by atoms with Crippen LogP contribution in [0, 0.1) is 17.3 Å². The van der Waals surface area contributed by atoms with E-state index in [-0.39, 0.29) is 5.41 Å². The maximum absolute atomic E-state index is 12.2. The molecule has 2 atom stereocenters. The van der Waals surface area contributed by atoms with Crippen LogP contribution in [-0.2, 0) is 4.79 Å². The number of carboxylic acids is 1. The van der Waals surface area contributed by atoms with Crippen molar-refractivity contribution in [3.05, 3.63) is 0 Å². The lowest BCUT2D eigenvalue weighted by atomic mass is 10.1. The zero-order valence-corrected chi connectivity index (χ0v) is 9.27. The van der Waals surface area contributed by atoms with E-state index in [0.717, 1.165) is 6.42 Å². The Morgan fingerprint density at radius 2 is 2.06 bits per heavy atom. The molecular formula is C10H16F3NO2. The van der Waals surface area contributed by atoms with E-state index in [0.29, 0.717) is 12.5 Å². The molecule has 1 aliphatic carbocycles. The molecule has 6 heteroatoms. The van der Waals surface area contributed by atoms with Crippen molar-refractivity contribution in [1.82, 2.24) is 5.32 Å². The van der Waals surface area contributed by atoms with Gasteiger partial charge in [0.25, 0.3) is 0 Å². The smallest absolute Gasteiger partial charge is 0.403 e. The number of alkyl halides is 3. The first kappa shape index (κ1) is 13.3. The van der Waals surface area contributed by atoms with E-state index >= 15 is 0 Å². The first-order valence-corrected chi connectivity index (χ1v) is 5.15. The van der Waals surface area contributed by atoms with Crippen molar-refractivity contribution in [3.8, 4) is 0 Å². The highest BCUT2D eigenvalue weighted by Crippen LogP contribution is 2.51. The van der Waals surface area contributed by atoms with Gasteiger partial charge in [0, 0.05) is 6.54 Å². The second-order valence-electron chi connectivity index (χ2n) is 4.98. The van der Waals surface area contributed by atoms with Gasteiger partial charge in [-0.25, -0.2) is 0 Å². The van der Waals surface area contributed by atoms with Gasteiger partial charge < -0.3 is 10.4 Å². The summed E-state index contributed by atoms with van der Waals surface area (Å²) in [5.41, 5.74) is 0.184. The Morgan fingerprint density at radius 3 is 2.38 bits per heavy atom. The molecule has 2 N–H and O–H groups in total. The molecule has 3 nitrogen and oxygen atoms in total. The second-order valence-corrected chi connectivity index (χ2v) is 4.98. The summed E-state index contributed by atoms with van der Waals surface area (Å²) >= 11 is 0. The highest BCUT2D eigenvalue weighted by molar-refractivity contribution is 5.71. The minimum atomic E-state index is -4.68. The summed E-state index contributed by atoms with van der Waals surface area (Å²) in [6, 6.07) is 0.